The van der Waals surface area contributed by atoms with E-state index in [0.29, 0.717) is 10.6 Å². The third kappa shape index (κ3) is 2.81. The fourth-order valence-corrected chi connectivity index (χ4v) is 1.36. The predicted molar refractivity (Wildman–Crippen MR) is 59.7 cm³/mol. The van der Waals surface area contributed by atoms with Crippen molar-refractivity contribution in [3.63, 3.8) is 0 Å². The van der Waals surface area contributed by atoms with E-state index in [1.807, 2.05) is 0 Å². The van der Waals surface area contributed by atoms with E-state index in [1.54, 1.807) is 38.2 Å². The standard InChI is InChI=1S/C12H11ClFN/c1-12(2,8-15)10-6-4-3-5-9(13)7-11(10)14/h3-7H,1-2H3/b4-3?,5-3+,6-4+,9-5?,9-7+,10-6?,11-7?,11-10-. The summed E-state index contributed by atoms with van der Waals surface area (Å²) in [5, 5.41) is 9.24. The van der Waals surface area contributed by atoms with Crippen molar-refractivity contribution in [1.82, 2.24) is 0 Å². The molecule has 0 radical (unpaired) electrons. The second kappa shape index (κ2) is 4.46. The molecule has 78 valence electrons. The molecule has 3 heteroatoms. The second-order valence-corrected chi connectivity index (χ2v) is 4.18. The Morgan fingerprint density at radius 3 is 2.53 bits per heavy atom. The van der Waals surface area contributed by atoms with Crippen LogP contribution in [-0.4, -0.2) is 0 Å². The van der Waals surface area contributed by atoms with Crippen molar-refractivity contribution in [1.29, 1.82) is 5.26 Å². The molecular weight excluding hydrogens is 213 g/mol. The molecule has 0 fully saturated rings. The van der Waals surface area contributed by atoms with Crippen LogP contribution >= 0.6 is 11.6 Å². The van der Waals surface area contributed by atoms with Gasteiger partial charge in [-0.15, -0.1) is 0 Å². The molecule has 1 aliphatic carbocycles. The van der Waals surface area contributed by atoms with E-state index in [2.05, 4.69) is 6.07 Å². The molecule has 1 rings (SSSR count). The molecule has 0 bridgehead atoms. The quantitative estimate of drug-likeness (QED) is 0.659. The van der Waals surface area contributed by atoms with E-state index < -0.39 is 11.2 Å². The molecule has 0 N–H and O–H groups in total. The minimum Gasteiger partial charge on any atom is -0.207 e. The topological polar surface area (TPSA) is 23.8 Å². The van der Waals surface area contributed by atoms with Gasteiger partial charge in [0.15, 0.2) is 0 Å². The molecule has 1 nitrogen and oxygen atoms in total. The Hall–Kier alpha value is -1.33. The molecule has 1 aliphatic rings. The highest BCUT2D eigenvalue weighted by atomic mass is 35.5. The Bertz CT molecular complexity index is 419. The van der Waals surface area contributed by atoms with Crippen molar-refractivity contribution in [3.8, 4) is 6.07 Å². The smallest absolute Gasteiger partial charge is 0.129 e. The first-order valence-electron chi connectivity index (χ1n) is 4.51. The Morgan fingerprint density at radius 1 is 1.33 bits per heavy atom. The highest BCUT2D eigenvalue weighted by Gasteiger charge is 2.24. The van der Waals surface area contributed by atoms with Gasteiger partial charge in [-0.1, -0.05) is 29.8 Å². The second-order valence-electron chi connectivity index (χ2n) is 3.75. The van der Waals surface area contributed by atoms with Crippen LogP contribution in [0.4, 0.5) is 4.39 Å². The van der Waals surface area contributed by atoms with Crippen LogP contribution < -0.4 is 0 Å². The SMILES string of the molecule is CC(C)(C#N)C1=C(F)/C=C(Cl)\C=C\C=C\1. The van der Waals surface area contributed by atoms with Crippen LogP contribution in [0.3, 0.4) is 0 Å². The highest BCUT2D eigenvalue weighted by molar-refractivity contribution is 6.31. The van der Waals surface area contributed by atoms with Crippen molar-refractivity contribution < 1.29 is 4.39 Å². The van der Waals surface area contributed by atoms with Gasteiger partial charge in [-0.2, -0.15) is 5.26 Å². The van der Waals surface area contributed by atoms with Gasteiger partial charge in [0.05, 0.1) is 11.5 Å². The Morgan fingerprint density at radius 2 is 1.93 bits per heavy atom. The van der Waals surface area contributed by atoms with Crippen LogP contribution in [0.2, 0.25) is 0 Å². The van der Waals surface area contributed by atoms with Crippen molar-refractivity contribution in [2.75, 3.05) is 0 Å². The van der Waals surface area contributed by atoms with E-state index in [1.165, 1.54) is 6.08 Å². The molecule has 0 aliphatic heterocycles. The van der Waals surface area contributed by atoms with Gasteiger partial charge >= 0.3 is 0 Å². The minimum atomic E-state index is -0.862. The van der Waals surface area contributed by atoms with Crippen molar-refractivity contribution >= 4 is 11.6 Å². The number of hydrogen-bond acceptors (Lipinski definition) is 1. The molecular formula is C12H11ClFN. The van der Waals surface area contributed by atoms with Gasteiger partial charge in [-0.3, -0.25) is 0 Å². The van der Waals surface area contributed by atoms with Crippen LogP contribution in [0.15, 0.2) is 46.8 Å². The third-order valence-corrected chi connectivity index (χ3v) is 2.34. The maximum absolute atomic E-state index is 13.7. The number of rotatable bonds is 1. The maximum Gasteiger partial charge on any atom is 0.129 e. The summed E-state index contributed by atoms with van der Waals surface area (Å²) >= 11 is 5.73. The zero-order valence-corrected chi connectivity index (χ0v) is 9.35. The summed E-state index contributed by atoms with van der Waals surface area (Å²) in [6.07, 6.45) is 7.78. The van der Waals surface area contributed by atoms with E-state index in [-0.39, 0.29) is 0 Å². The first-order valence-corrected chi connectivity index (χ1v) is 4.88. The Labute approximate surface area is 93.9 Å². The van der Waals surface area contributed by atoms with Crippen LogP contribution in [-0.2, 0) is 0 Å². The first-order chi connectivity index (χ1) is 6.97. The van der Waals surface area contributed by atoms with Gasteiger partial charge in [-0.05, 0) is 26.0 Å². The van der Waals surface area contributed by atoms with Gasteiger partial charge in [-0.25, -0.2) is 4.39 Å². The number of allylic oxidation sites excluding steroid dienone is 8. The fraction of sp³-hybridized carbons (Fsp3) is 0.250. The van der Waals surface area contributed by atoms with E-state index in [4.69, 9.17) is 16.9 Å². The molecule has 0 heterocycles. The number of hydrogen-bond donors (Lipinski definition) is 0. The highest BCUT2D eigenvalue weighted by Crippen LogP contribution is 2.31. The first kappa shape index (κ1) is 11.7. The minimum absolute atomic E-state index is 0.308. The van der Waals surface area contributed by atoms with E-state index in [9.17, 15) is 4.39 Å². The number of nitrogens with zero attached hydrogens (tertiary/aromatic N) is 1. The number of nitriles is 1. The lowest BCUT2D eigenvalue weighted by Gasteiger charge is -2.17. The van der Waals surface area contributed by atoms with Gasteiger partial charge < -0.3 is 0 Å². The van der Waals surface area contributed by atoms with Crippen LogP contribution in [0.5, 0.6) is 0 Å². The van der Waals surface area contributed by atoms with Crippen molar-refractivity contribution in [2.45, 2.75) is 13.8 Å². The average molecular weight is 224 g/mol. The predicted octanol–water partition coefficient (Wildman–Crippen LogP) is 4.01. The summed E-state index contributed by atoms with van der Waals surface area (Å²) in [4.78, 5) is 0. The molecule has 15 heavy (non-hydrogen) atoms. The Balaban J connectivity index is 3.28. The molecule has 0 amide bonds. The number of halogens is 2. The fourth-order valence-electron chi connectivity index (χ4n) is 1.19. The normalized spacial score (nSPS) is 29.4. The van der Waals surface area contributed by atoms with Gasteiger partial charge in [0.25, 0.3) is 0 Å². The van der Waals surface area contributed by atoms with Crippen LogP contribution in [0.25, 0.3) is 0 Å². The van der Waals surface area contributed by atoms with Gasteiger partial charge in [0.1, 0.15) is 5.83 Å². The molecule has 0 atom stereocenters. The summed E-state index contributed by atoms with van der Waals surface area (Å²) in [7, 11) is 0. The largest absolute Gasteiger partial charge is 0.207 e. The summed E-state index contributed by atoms with van der Waals surface area (Å²) in [6, 6.07) is 2.06. The summed E-state index contributed by atoms with van der Waals surface area (Å²) in [5.41, 5.74) is -0.521. The summed E-state index contributed by atoms with van der Waals surface area (Å²) < 4.78 is 13.7. The molecule has 0 saturated heterocycles. The van der Waals surface area contributed by atoms with Crippen LogP contribution in [0, 0.1) is 16.7 Å². The monoisotopic (exact) mass is 223 g/mol. The molecule has 0 unspecified atom stereocenters. The van der Waals surface area contributed by atoms with Crippen LogP contribution in [0.1, 0.15) is 13.8 Å². The third-order valence-electron chi connectivity index (χ3n) is 2.10. The molecule has 0 spiro atoms. The molecule has 0 aromatic rings. The lowest BCUT2D eigenvalue weighted by atomic mass is 9.84. The summed E-state index contributed by atoms with van der Waals surface area (Å²) in [6.45, 7) is 3.33. The molecule has 0 aromatic heterocycles. The van der Waals surface area contributed by atoms with Crippen molar-refractivity contribution in [2.24, 2.45) is 5.41 Å². The molecule has 0 aromatic carbocycles. The lowest BCUT2D eigenvalue weighted by molar-refractivity contribution is 0.561. The zero-order chi connectivity index (χ0) is 11.5. The maximum atomic E-state index is 13.7. The Kier molecular flexibility index (Phi) is 3.49. The van der Waals surface area contributed by atoms with Gasteiger partial charge in [0.2, 0.25) is 0 Å². The zero-order valence-electron chi connectivity index (χ0n) is 8.59. The van der Waals surface area contributed by atoms with E-state index >= 15 is 0 Å². The van der Waals surface area contributed by atoms with Crippen molar-refractivity contribution in [3.05, 3.63) is 46.8 Å². The van der Waals surface area contributed by atoms with Gasteiger partial charge in [0, 0.05) is 10.6 Å². The lowest BCUT2D eigenvalue weighted by Crippen LogP contribution is -2.11. The molecule has 0 saturated carbocycles. The average Bonchev–Trinajstić information content (AvgIpc) is 2.14. The van der Waals surface area contributed by atoms with E-state index in [0.717, 1.165) is 0 Å². The summed E-state index contributed by atoms with van der Waals surface area (Å²) in [5.74, 6) is -0.466.